The maximum atomic E-state index is 10.7. The maximum absolute atomic E-state index is 10.7. The first kappa shape index (κ1) is 8.97. The topological polar surface area (TPSA) is 58.6 Å². The molecule has 0 aromatic heterocycles. The highest BCUT2D eigenvalue weighted by atomic mass is 16.5. The van der Waals surface area contributed by atoms with Gasteiger partial charge in [0.05, 0.1) is 18.2 Å². The molecule has 74 valence electrons. The minimum atomic E-state index is -0.652. The van der Waals surface area contributed by atoms with Crippen molar-refractivity contribution >= 4 is 5.97 Å². The van der Waals surface area contributed by atoms with E-state index in [1.165, 1.54) is 0 Å². The maximum Gasteiger partial charge on any atom is 0.306 e. The van der Waals surface area contributed by atoms with E-state index in [2.05, 4.69) is 5.32 Å². The highest BCUT2D eigenvalue weighted by molar-refractivity contribution is 5.70. The van der Waals surface area contributed by atoms with E-state index in [-0.39, 0.29) is 11.5 Å². The summed E-state index contributed by atoms with van der Waals surface area (Å²) in [5, 5.41) is 12.0. The molecular weight excluding hydrogens is 170 g/mol. The van der Waals surface area contributed by atoms with Gasteiger partial charge in [-0.3, -0.25) is 10.1 Å². The Balaban J connectivity index is 1.91. The molecule has 2 N–H and O–H groups in total. The van der Waals surface area contributed by atoms with Gasteiger partial charge in [-0.2, -0.15) is 0 Å². The van der Waals surface area contributed by atoms with Gasteiger partial charge >= 0.3 is 5.97 Å². The van der Waals surface area contributed by atoms with Crippen molar-refractivity contribution in [3.8, 4) is 0 Å². The summed E-state index contributed by atoms with van der Waals surface area (Å²) in [4.78, 5) is 10.7. The van der Waals surface area contributed by atoms with Gasteiger partial charge in [0.15, 0.2) is 0 Å². The predicted octanol–water partition coefficient (Wildman–Crippen LogP) is 0.577. The normalized spacial score (nSPS) is 39.5. The van der Waals surface area contributed by atoms with Gasteiger partial charge in [0.25, 0.3) is 0 Å². The third-order valence-corrected chi connectivity index (χ3v) is 3.17. The molecule has 13 heavy (non-hydrogen) atoms. The number of carboxylic acid groups (broad SMARTS) is 1. The lowest BCUT2D eigenvalue weighted by Crippen LogP contribution is -2.39. The lowest BCUT2D eigenvalue weighted by molar-refractivity contribution is -0.144. The summed E-state index contributed by atoms with van der Waals surface area (Å²) in [6.45, 7) is 1.51. The van der Waals surface area contributed by atoms with E-state index in [1.807, 2.05) is 0 Å². The molecule has 1 spiro atoms. The molecule has 0 atom stereocenters. The Bertz CT molecular complexity index is 201. The predicted molar refractivity (Wildman–Crippen MR) is 46.3 cm³/mol. The van der Waals surface area contributed by atoms with Gasteiger partial charge in [0, 0.05) is 6.54 Å². The van der Waals surface area contributed by atoms with Crippen molar-refractivity contribution in [3.05, 3.63) is 0 Å². The van der Waals surface area contributed by atoms with Crippen LogP contribution in [0.15, 0.2) is 0 Å². The van der Waals surface area contributed by atoms with Gasteiger partial charge in [-0.1, -0.05) is 0 Å². The van der Waals surface area contributed by atoms with Crippen molar-refractivity contribution in [1.29, 1.82) is 0 Å². The molecule has 2 fully saturated rings. The van der Waals surface area contributed by atoms with Crippen LogP contribution in [0.3, 0.4) is 0 Å². The third-order valence-electron chi connectivity index (χ3n) is 3.17. The van der Waals surface area contributed by atoms with Crippen LogP contribution in [0.4, 0.5) is 0 Å². The molecule has 2 aliphatic rings. The third kappa shape index (κ3) is 1.69. The number of aliphatic carboxylic acids is 1. The van der Waals surface area contributed by atoms with Crippen LogP contribution in [0.1, 0.15) is 25.7 Å². The highest BCUT2D eigenvalue weighted by Gasteiger charge is 2.40. The Kier molecular flexibility index (Phi) is 2.26. The summed E-state index contributed by atoms with van der Waals surface area (Å²) in [7, 11) is 0. The van der Waals surface area contributed by atoms with E-state index in [1.54, 1.807) is 0 Å². The minimum absolute atomic E-state index is 0.0358. The van der Waals surface area contributed by atoms with Gasteiger partial charge in [0.1, 0.15) is 0 Å². The molecule has 0 aromatic rings. The van der Waals surface area contributed by atoms with Gasteiger partial charge < -0.3 is 9.84 Å². The van der Waals surface area contributed by atoms with Crippen molar-refractivity contribution in [2.45, 2.75) is 31.3 Å². The Morgan fingerprint density at radius 3 is 2.62 bits per heavy atom. The number of nitrogens with one attached hydrogen (secondary N) is 1. The second-order valence-electron chi connectivity index (χ2n) is 4.01. The van der Waals surface area contributed by atoms with E-state index in [4.69, 9.17) is 9.84 Å². The molecule has 1 heterocycles. The van der Waals surface area contributed by atoms with Crippen molar-refractivity contribution in [2.24, 2.45) is 5.92 Å². The fourth-order valence-electron chi connectivity index (χ4n) is 2.25. The van der Waals surface area contributed by atoms with Gasteiger partial charge in [-0.25, -0.2) is 0 Å². The number of hydrogen-bond acceptors (Lipinski definition) is 3. The molecule has 1 saturated heterocycles. The first-order valence-electron chi connectivity index (χ1n) is 4.79. The standard InChI is InChI=1S/C9H15NO3/c11-8(12)7-1-3-9(4-2-7)5-10-6-13-9/h7,10H,1-6H2,(H,11,12). The second kappa shape index (κ2) is 3.27. The number of ether oxygens (including phenoxy) is 1. The first-order valence-corrected chi connectivity index (χ1v) is 4.79. The monoisotopic (exact) mass is 185 g/mol. The molecule has 1 saturated carbocycles. The van der Waals surface area contributed by atoms with Crippen LogP contribution in [0.25, 0.3) is 0 Å². The minimum Gasteiger partial charge on any atom is -0.481 e. The summed E-state index contributed by atoms with van der Waals surface area (Å²) in [5.41, 5.74) is -0.0358. The second-order valence-corrected chi connectivity index (χ2v) is 4.01. The van der Waals surface area contributed by atoms with E-state index in [9.17, 15) is 4.79 Å². The molecule has 0 radical (unpaired) electrons. The number of hydrogen-bond donors (Lipinski definition) is 2. The van der Waals surface area contributed by atoms with Crippen LogP contribution in [0.2, 0.25) is 0 Å². The van der Waals surface area contributed by atoms with Gasteiger partial charge in [-0.05, 0) is 25.7 Å². The van der Waals surface area contributed by atoms with Crippen LogP contribution < -0.4 is 5.32 Å². The lowest BCUT2D eigenvalue weighted by Gasteiger charge is -2.34. The van der Waals surface area contributed by atoms with Gasteiger partial charge in [-0.15, -0.1) is 0 Å². The molecular formula is C9H15NO3. The Morgan fingerprint density at radius 1 is 1.46 bits per heavy atom. The van der Waals surface area contributed by atoms with Crippen molar-refractivity contribution in [3.63, 3.8) is 0 Å². The van der Waals surface area contributed by atoms with E-state index in [0.717, 1.165) is 32.2 Å². The van der Waals surface area contributed by atoms with Crippen LogP contribution in [0, 0.1) is 5.92 Å². The van der Waals surface area contributed by atoms with E-state index >= 15 is 0 Å². The largest absolute Gasteiger partial charge is 0.481 e. The summed E-state index contributed by atoms with van der Waals surface area (Å²) >= 11 is 0. The van der Waals surface area contributed by atoms with Crippen molar-refractivity contribution < 1.29 is 14.6 Å². The number of carbonyl (C=O) groups is 1. The molecule has 1 aliphatic carbocycles. The lowest BCUT2D eigenvalue weighted by atomic mass is 9.79. The van der Waals surface area contributed by atoms with E-state index < -0.39 is 5.97 Å². The Morgan fingerprint density at radius 2 is 2.15 bits per heavy atom. The summed E-state index contributed by atoms with van der Waals surface area (Å²) in [5.74, 6) is -0.796. The first-order chi connectivity index (χ1) is 6.22. The zero-order valence-electron chi connectivity index (χ0n) is 7.58. The Labute approximate surface area is 77.3 Å². The zero-order valence-corrected chi connectivity index (χ0v) is 7.58. The smallest absolute Gasteiger partial charge is 0.306 e. The average molecular weight is 185 g/mol. The molecule has 0 amide bonds. The fraction of sp³-hybridized carbons (Fsp3) is 0.889. The van der Waals surface area contributed by atoms with Crippen LogP contribution in [-0.2, 0) is 9.53 Å². The highest BCUT2D eigenvalue weighted by Crippen LogP contribution is 2.36. The van der Waals surface area contributed by atoms with E-state index in [0.29, 0.717) is 6.73 Å². The van der Waals surface area contributed by atoms with Crippen LogP contribution in [0.5, 0.6) is 0 Å². The number of carboxylic acids is 1. The number of rotatable bonds is 1. The average Bonchev–Trinajstić information content (AvgIpc) is 2.54. The fourth-order valence-corrected chi connectivity index (χ4v) is 2.25. The van der Waals surface area contributed by atoms with Crippen LogP contribution >= 0.6 is 0 Å². The van der Waals surface area contributed by atoms with Crippen molar-refractivity contribution in [1.82, 2.24) is 5.32 Å². The SMILES string of the molecule is O=C(O)C1CCC2(CC1)CNCO2. The Hall–Kier alpha value is -0.610. The quantitative estimate of drug-likeness (QED) is 0.627. The zero-order chi connectivity index (χ0) is 9.31. The molecule has 0 unspecified atom stereocenters. The summed E-state index contributed by atoms with van der Waals surface area (Å²) < 4.78 is 5.61. The summed E-state index contributed by atoms with van der Waals surface area (Å²) in [6.07, 6.45) is 3.29. The molecule has 0 bridgehead atoms. The molecule has 2 rings (SSSR count). The molecule has 4 heteroatoms. The molecule has 0 aromatic carbocycles. The van der Waals surface area contributed by atoms with Crippen LogP contribution in [-0.4, -0.2) is 30.0 Å². The molecule has 1 aliphatic heterocycles. The molecule has 4 nitrogen and oxygen atoms in total. The van der Waals surface area contributed by atoms with Crippen molar-refractivity contribution in [2.75, 3.05) is 13.3 Å². The van der Waals surface area contributed by atoms with Gasteiger partial charge in [0.2, 0.25) is 0 Å². The summed E-state index contributed by atoms with van der Waals surface area (Å²) in [6, 6.07) is 0.